The molecular formula is C13H9BrN2O. The summed E-state index contributed by atoms with van der Waals surface area (Å²) >= 11 is 3.55. The minimum absolute atomic E-state index is 0.242. The Bertz CT molecular complexity index is 691. The monoisotopic (exact) mass is 288 g/mol. The van der Waals surface area contributed by atoms with Gasteiger partial charge in [-0.2, -0.15) is 5.10 Å². The number of pyridine rings is 1. The third kappa shape index (κ3) is 1.70. The summed E-state index contributed by atoms with van der Waals surface area (Å²) in [5.74, 6) is 0.242. The molecule has 0 atom stereocenters. The fourth-order valence-electron chi connectivity index (χ4n) is 1.81. The highest BCUT2D eigenvalue weighted by molar-refractivity contribution is 9.10. The zero-order valence-electron chi connectivity index (χ0n) is 8.84. The van der Waals surface area contributed by atoms with Gasteiger partial charge >= 0.3 is 0 Å². The first-order chi connectivity index (χ1) is 8.25. The molecule has 0 fully saturated rings. The molecule has 3 rings (SSSR count). The zero-order chi connectivity index (χ0) is 11.8. The molecule has 84 valence electrons. The molecule has 2 aromatic heterocycles. The Kier molecular flexibility index (Phi) is 2.37. The summed E-state index contributed by atoms with van der Waals surface area (Å²) in [7, 11) is 0. The number of hydrogen-bond donors (Lipinski definition) is 1. The first-order valence-electron chi connectivity index (χ1n) is 5.18. The fourth-order valence-corrected chi connectivity index (χ4v) is 2.43. The highest BCUT2D eigenvalue weighted by Crippen LogP contribution is 2.32. The summed E-state index contributed by atoms with van der Waals surface area (Å²) in [6.07, 6.45) is 1.90. The van der Waals surface area contributed by atoms with Gasteiger partial charge in [-0.15, -0.1) is 0 Å². The van der Waals surface area contributed by atoms with Gasteiger partial charge in [-0.25, -0.2) is 4.52 Å². The van der Waals surface area contributed by atoms with Crippen molar-refractivity contribution < 1.29 is 5.11 Å². The molecule has 0 unspecified atom stereocenters. The van der Waals surface area contributed by atoms with Crippen molar-refractivity contribution in [1.29, 1.82) is 0 Å². The summed E-state index contributed by atoms with van der Waals surface area (Å²) < 4.78 is 2.74. The van der Waals surface area contributed by atoms with E-state index in [1.807, 2.05) is 35.0 Å². The number of halogens is 1. The lowest BCUT2D eigenvalue weighted by atomic mass is 10.1. The van der Waals surface area contributed by atoms with Crippen LogP contribution in [0.3, 0.4) is 0 Å². The van der Waals surface area contributed by atoms with Crippen LogP contribution < -0.4 is 0 Å². The molecule has 3 nitrogen and oxygen atoms in total. The molecule has 0 aliphatic heterocycles. The van der Waals surface area contributed by atoms with Crippen molar-refractivity contribution in [1.82, 2.24) is 9.61 Å². The van der Waals surface area contributed by atoms with E-state index in [4.69, 9.17) is 0 Å². The van der Waals surface area contributed by atoms with Gasteiger partial charge in [0.25, 0.3) is 0 Å². The minimum atomic E-state index is 0.242. The molecule has 3 aromatic rings. The Morgan fingerprint density at radius 1 is 1.12 bits per heavy atom. The molecule has 1 aromatic carbocycles. The molecule has 4 heteroatoms. The first kappa shape index (κ1) is 10.4. The van der Waals surface area contributed by atoms with Gasteiger partial charge in [0.1, 0.15) is 11.4 Å². The normalized spacial score (nSPS) is 10.9. The molecule has 2 heterocycles. The van der Waals surface area contributed by atoms with E-state index in [-0.39, 0.29) is 5.75 Å². The van der Waals surface area contributed by atoms with Gasteiger partial charge in [0.05, 0.1) is 9.99 Å². The van der Waals surface area contributed by atoms with Gasteiger partial charge in [0.2, 0.25) is 0 Å². The summed E-state index contributed by atoms with van der Waals surface area (Å²) in [5.41, 5.74) is 2.72. The number of hydrogen-bond acceptors (Lipinski definition) is 2. The maximum atomic E-state index is 9.49. The van der Waals surface area contributed by atoms with Gasteiger partial charge in [-0.1, -0.05) is 18.2 Å². The Labute approximate surface area is 106 Å². The highest BCUT2D eigenvalue weighted by Gasteiger charge is 2.11. The Morgan fingerprint density at radius 2 is 2.00 bits per heavy atom. The summed E-state index contributed by atoms with van der Waals surface area (Å²) in [5, 5.41) is 14.0. The molecule has 0 spiro atoms. The van der Waals surface area contributed by atoms with Crippen molar-refractivity contribution in [3.8, 4) is 17.0 Å². The van der Waals surface area contributed by atoms with Gasteiger partial charge in [-0.05, 0) is 40.2 Å². The van der Waals surface area contributed by atoms with Crippen LogP contribution in [0.1, 0.15) is 0 Å². The van der Waals surface area contributed by atoms with Crippen molar-refractivity contribution in [3.05, 3.63) is 53.1 Å². The number of aromatic hydroxyl groups is 1. The Hall–Kier alpha value is -1.81. The largest absolute Gasteiger partial charge is 0.508 e. The van der Waals surface area contributed by atoms with Crippen LogP contribution in [0, 0.1) is 0 Å². The van der Waals surface area contributed by atoms with Crippen molar-refractivity contribution in [2.24, 2.45) is 0 Å². The minimum Gasteiger partial charge on any atom is -0.508 e. The number of nitrogens with zero attached hydrogens (tertiary/aromatic N) is 2. The average Bonchev–Trinajstić information content (AvgIpc) is 2.68. The van der Waals surface area contributed by atoms with E-state index in [1.54, 1.807) is 18.2 Å². The second-order valence-corrected chi connectivity index (χ2v) is 4.54. The maximum Gasteiger partial charge on any atom is 0.116 e. The predicted octanol–water partition coefficient (Wildman–Crippen LogP) is 3.47. The number of aromatic nitrogens is 2. The van der Waals surface area contributed by atoms with Crippen molar-refractivity contribution in [3.63, 3.8) is 0 Å². The quantitative estimate of drug-likeness (QED) is 0.744. The molecule has 0 saturated heterocycles. The molecule has 0 aliphatic carbocycles. The van der Waals surface area contributed by atoms with Gasteiger partial charge in [0.15, 0.2) is 0 Å². The van der Waals surface area contributed by atoms with Crippen LogP contribution in [0.2, 0.25) is 0 Å². The van der Waals surface area contributed by atoms with Gasteiger partial charge < -0.3 is 5.11 Å². The van der Waals surface area contributed by atoms with Crippen LogP contribution in [0.4, 0.5) is 0 Å². The Morgan fingerprint density at radius 3 is 2.76 bits per heavy atom. The first-order valence-corrected chi connectivity index (χ1v) is 5.97. The molecule has 0 aliphatic rings. The number of rotatable bonds is 1. The molecular weight excluding hydrogens is 280 g/mol. The van der Waals surface area contributed by atoms with Crippen LogP contribution in [0.5, 0.6) is 5.75 Å². The number of phenols is 1. The predicted molar refractivity (Wildman–Crippen MR) is 70.0 cm³/mol. The van der Waals surface area contributed by atoms with Gasteiger partial charge in [-0.3, -0.25) is 0 Å². The van der Waals surface area contributed by atoms with Crippen LogP contribution >= 0.6 is 15.9 Å². The average molecular weight is 289 g/mol. The van der Waals surface area contributed by atoms with Crippen molar-refractivity contribution in [2.45, 2.75) is 0 Å². The lowest BCUT2D eigenvalue weighted by molar-refractivity contribution is 0.475. The highest BCUT2D eigenvalue weighted by atomic mass is 79.9. The lowest BCUT2D eigenvalue weighted by Crippen LogP contribution is -1.84. The van der Waals surface area contributed by atoms with Crippen LogP contribution in [0.15, 0.2) is 53.1 Å². The van der Waals surface area contributed by atoms with E-state index < -0.39 is 0 Å². The van der Waals surface area contributed by atoms with Crippen LogP contribution in [0.25, 0.3) is 16.8 Å². The van der Waals surface area contributed by atoms with E-state index >= 15 is 0 Å². The lowest BCUT2D eigenvalue weighted by Gasteiger charge is -1.97. The number of benzene rings is 1. The van der Waals surface area contributed by atoms with E-state index in [9.17, 15) is 5.11 Å². The van der Waals surface area contributed by atoms with Gasteiger partial charge in [0, 0.05) is 11.8 Å². The van der Waals surface area contributed by atoms with E-state index in [1.165, 1.54) is 0 Å². The summed E-state index contributed by atoms with van der Waals surface area (Å²) in [4.78, 5) is 0. The third-order valence-corrected chi connectivity index (χ3v) is 3.38. The molecule has 0 amide bonds. The van der Waals surface area contributed by atoms with Crippen LogP contribution in [-0.4, -0.2) is 14.7 Å². The van der Waals surface area contributed by atoms with Crippen molar-refractivity contribution >= 4 is 21.4 Å². The second-order valence-electron chi connectivity index (χ2n) is 3.74. The molecule has 0 radical (unpaired) electrons. The van der Waals surface area contributed by atoms with Crippen molar-refractivity contribution in [2.75, 3.05) is 0 Å². The topological polar surface area (TPSA) is 37.5 Å². The number of fused-ring (bicyclic) bond motifs is 1. The molecule has 17 heavy (non-hydrogen) atoms. The summed E-state index contributed by atoms with van der Waals surface area (Å²) in [6.45, 7) is 0. The van der Waals surface area contributed by atoms with E-state index in [0.717, 1.165) is 21.2 Å². The summed E-state index contributed by atoms with van der Waals surface area (Å²) in [6, 6.07) is 13.0. The van der Waals surface area contributed by atoms with Crippen LogP contribution in [-0.2, 0) is 0 Å². The van der Waals surface area contributed by atoms with E-state index in [0.29, 0.717) is 0 Å². The smallest absolute Gasteiger partial charge is 0.116 e. The molecule has 1 N–H and O–H groups in total. The fraction of sp³-hybridized carbons (Fsp3) is 0. The zero-order valence-corrected chi connectivity index (χ0v) is 10.4. The maximum absolute atomic E-state index is 9.49. The molecule has 0 bridgehead atoms. The Balaban J connectivity index is 2.27. The van der Waals surface area contributed by atoms with E-state index in [2.05, 4.69) is 21.0 Å². The standard InChI is InChI=1S/C13H9BrN2O/c14-12-11-6-1-2-7-16(11)15-13(12)9-4-3-5-10(17)8-9/h1-8,17H. The number of phenolic OH excluding ortho intramolecular Hbond substituents is 1. The molecule has 0 saturated carbocycles. The second kappa shape index (κ2) is 3.89. The SMILES string of the molecule is Oc1cccc(-c2nn3ccccc3c2Br)c1. The third-order valence-electron chi connectivity index (χ3n) is 2.60.